The molecule has 41 heavy (non-hydrogen) atoms. The predicted molar refractivity (Wildman–Crippen MR) is 157 cm³/mol. The molecular weight excluding hydrogens is 571 g/mol. The molecule has 0 saturated heterocycles. The van der Waals surface area contributed by atoms with Crippen LogP contribution in [0.1, 0.15) is 12.5 Å². The SMILES string of the molecule is COCCN(C(C)=O)c1ccc2c3oc(=O)c(Sc4ccc(Cl)cc4)c(O)c3c(=O)n(Cc3ccc(F)cc3)c2c1. The normalized spacial score (nSPS) is 11.3. The highest BCUT2D eigenvalue weighted by Crippen LogP contribution is 2.38. The first-order valence-electron chi connectivity index (χ1n) is 12.5. The third kappa shape index (κ3) is 5.72. The third-order valence-corrected chi connectivity index (χ3v) is 7.86. The Labute approximate surface area is 242 Å². The van der Waals surface area contributed by atoms with Gasteiger partial charge < -0.3 is 23.7 Å². The molecule has 8 nitrogen and oxygen atoms in total. The van der Waals surface area contributed by atoms with E-state index in [1.807, 2.05) is 0 Å². The molecule has 0 unspecified atom stereocenters. The number of amides is 1. The van der Waals surface area contributed by atoms with E-state index in [1.54, 1.807) is 54.6 Å². The van der Waals surface area contributed by atoms with Gasteiger partial charge in [-0.25, -0.2) is 9.18 Å². The lowest BCUT2D eigenvalue weighted by molar-refractivity contribution is -0.116. The zero-order valence-electron chi connectivity index (χ0n) is 22.0. The quantitative estimate of drug-likeness (QED) is 0.226. The Morgan fingerprint density at radius 1 is 1.10 bits per heavy atom. The van der Waals surface area contributed by atoms with E-state index in [2.05, 4.69) is 0 Å². The second kappa shape index (κ2) is 11.8. The molecule has 5 rings (SSSR count). The molecule has 2 aromatic heterocycles. The van der Waals surface area contributed by atoms with Crippen LogP contribution in [0.15, 0.2) is 90.5 Å². The summed E-state index contributed by atoms with van der Waals surface area (Å²) in [5.74, 6) is -1.17. The lowest BCUT2D eigenvalue weighted by Crippen LogP contribution is -2.32. The van der Waals surface area contributed by atoms with Crippen LogP contribution < -0.4 is 16.1 Å². The molecule has 0 saturated carbocycles. The van der Waals surface area contributed by atoms with Gasteiger partial charge in [0.25, 0.3) is 5.56 Å². The van der Waals surface area contributed by atoms with E-state index < -0.39 is 22.8 Å². The van der Waals surface area contributed by atoms with E-state index in [9.17, 15) is 23.9 Å². The smallest absolute Gasteiger partial charge is 0.354 e. The molecule has 5 aromatic rings. The van der Waals surface area contributed by atoms with E-state index >= 15 is 0 Å². The van der Waals surface area contributed by atoms with Crippen molar-refractivity contribution in [2.24, 2.45) is 0 Å². The fraction of sp³-hybridized carbons (Fsp3) is 0.167. The molecule has 3 aromatic carbocycles. The minimum atomic E-state index is -0.818. The summed E-state index contributed by atoms with van der Waals surface area (Å²) in [5.41, 5.74) is -0.0548. The number of aromatic nitrogens is 1. The first-order chi connectivity index (χ1) is 19.7. The van der Waals surface area contributed by atoms with Crippen LogP contribution in [-0.4, -0.2) is 35.8 Å². The highest BCUT2D eigenvalue weighted by Gasteiger charge is 2.23. The molecule has 11 heteroatoms. The van der Waals surface area contributed by atoms with Crippen molar-refractivity contribution in [3.05, 3.63) is 104 Å². The van der Waals surface area contributed by atoms with Crippen molar-refractivity contribution >= 4 is 56.8 Å². The van der Waals surface area contributed by atoms with Crippen LogP contribution in [-0.2, 0) is 16.1 Å². The average molecular weight is 595 g/mol. The van der Waals surface area contributed by atoms with E-state index in [4.69, 9.17) is 20.8 Å². The maximum atomic E-state index is 14.0. The van der Waals surface area contributed by atoms with Crippen molar-refractivity contribution in [2.45, 2.75) is 23.3 Å². The minimum absolute atomic E-state index is 0.0192. The number of carbonyl (C=O) groups is 1. The van der Waals surface area contributed by atoms with Gasteiger partial charge in [-0.2, -0.15) is 0 Å². The van der Waals surface area contributed by atoms with Crippen molar-refractivity contribution < 1.29 is 23.4 Å². The summed E-state index contributed by atoms with van der Waals surface area (Å²) >= 11 is 6.91. The van der Waals surface area contributed by atoms with Gasteiger partial charge >= 0.3 is 5.63 Å². The zero-order chi connectivity index (χ0) is 29.3. The predicted octanol–water partition coefficient (Wildman–Crippen LogP) is 5.80. The molecule has 0 aliphatic heterocycles. The Morgan fingerprint density at radius 3 is 2.46 bits per heavy atom. The number of ether oxygens (including phenoxy) is 1. The Balaban J connectivity index is 1.77. The number of halogens is 2. The molecule has 0 aliphatic carbocycles. The van der Waals surface area contributed by atoms with Crippen LogP contribution >= 0.6 is 23.4 Å². The average Bonchev–Trinajstić information content (AvgIpc) is 2.95. The van der Waals surface area contributed by atoms with Gasteiger partial charge in [-0.1, -0.05) is 35.5 Å². The van der Waals surface area contributed by atoms with Gasteiger partial charge in [-0.05, 0) is 60.2 Å². The standard InChI is InChI=1S/C30H24ClFN2O6S/c1-17(35)33(13-14-39-2)21-9-12-23-24(15-21)34(16-18-3-7-20(32)8-4-18)29(37)25-26(36)28(30(38)40-27(23)25)41-22-10-5-19(31)6-11-22/h3-12,15,36H,13-14,16H2,1-2H3. The van der Waals surface area contributed by atoms with Gasteiger partial charge in [-0.3, -0.25) is 9.59 Å². The Hall–Kier alpha value is -4.12. The summed E-state index contributed by atoms with van der Waals surface area (Å²) in [7, 11) is 1.53. The molecule has 0 aliphatic rings. The molecule has 2 heterocycles. The number of benzene rings is 3. The Morgan fingerprint density at radius 2 is 1.80 bits per heavy atom. The van der Waals surface area contributed by atoms with E-state index in [0.717, 1.165) is 11.8 Å². The summed E-state index contributed by atoms with van der Waals surface area (Å²) in [6.45, 7) is 2.00. The maximum Gasteiger partial charge on any atom is 0.354 e. The number of hydrogen-bond donors (Lipinski definition) is 1. The molecule has 210 valence electrons. The summed E-state index contributed by atoms with van der Waals surface area (Å²) < 4.78 is 25.8. The van der Waals surface area contributed by atoms with Crippen LogP contribution in [0.2, 0.25) is 5.02 Å². The van der Waals surface area contributed by atoms with Gasteiger partial charge in [0.1, 0.15) is 16.1 Å². The number of rotatable bonds is 8. The number of hydrogen-bond acceptors (Lipinski definition) is 7. The van der Waals surface area contributed by atoms with Crippen molar-refractivity contribution in [3.63, 3.8) is 0 Å². The Kier molecular flexibility index (Phi) is 8.16. The van der Waals surface area contributed by atoms with Crippen molar-refractivity contribution in [3.8, 4) is 5.75 Å². The highest BCUT2D eigenvalue weighted by molar-refractivity contribution is 7.99. The minimum Gasteiger partial charge on any atom is -0.505 e. The molecule has 0 radical (unpaired) electrons. The molecule has 0 spiro atoms. The molecule has 1 N–H and O–H groups in total. The van der Waals surface area contributed by atoms with Crippen molar-refractivity contribution in [1.29, 1.82) is 0 Å². The lowest BCUT2D eigenvalue weighted by atomic mass is 10.1. The summed E-state index contributed by atoms with van der Waals surface area (Å²) in [4.78, 5) is 41.5. The largest absolute Gasteiger partial charge is 0.505 e. The summed E-state index contributed by atoms with van der Waals surface area (Å²) in [5, 5.41) is 12.0. The molecular formula is C30H24ClFN2O6S. The topological polar surface area (TPSA) is 102 Å². The lowest BCUT2D eigenvalue weighted by Gasteiger charge is -2.22. The van der Waals surface area contributed by atoms with Crippen LogP contribution in [0.25, 0.3) is 21.9 Å². The second-order valence-corrected chi connectivity index (χ2v) is 10.7. The third-order valence-electron chi connectivity index (χ3n) is 6.53. The number of pyridine rings is 1. The second-order valence-electron chi connectivity index (χ2n) is 9.21. The molecule has 0 fully saturated rings. The summed E-state index contributed by atoms with van der Waals surface area (Å²) in [6, 6.07) is 17.2. The van der Waals surface area contributed by atoms with Gasteiger partial charge in [0, 0.05) is 41.6 Å². The van der Waals surface area contributed by atoms with Crippen molar-refractivity contribution in [2.75, 3.05) is 25.2 Å². The number of methoxy groups -OCH3 is 1. The van der Waals surface area contributed by atoms with Crippen LogP contribution in [0.5, 0.6) is 5.75 Å². The molecule has 0 bridgehead atoms. The van der Waals surface area contributed by atoms with E-state index in [1.165, 1.54) is 35.6 Å². The summed E-state index contributed by atoms with van der Waals surface area (Å²) in [6.07, 6.45) is 0. The van der Waals surface area contributed by atoms with E-state index in [0.29, 0.717) is 32.1 Å². The van der Waals surface area contributed by atoms with Crippen LogP contribution in [0, 0.1) is 5.82 Å². The fourth-order valence-corrected chi connectivity index (χ4v) is 5.49. The first kappa shape index (κ1) is 28.4. The van der Waals surface area contributed by atoms with Crippen LogP contribution in [0.3, 0.4) is 0 Å². The van der Waals surface area contributed by atoms with Gasteiger partial charge in [0.05, 0.1) is 18.7 Å². The number of fused-ring (bicyclic) bond motifs is 3. The Bertz CT molecular complexity index is 1890. The van der Waals surface area contributed by atoms with Crippen LogP contribution in [0.4, 0.5) is 10.1 Å². The number of aromatic hydroxyl groups is 1. The monoisotopic (exact) mass is 594 g/mol. The molecule has 1 amide bonds. The van der Waals surface area contributed by atoms with Gasteiger partial charge in [-0.15, -0.1) is 0 Å². The number of anilines is 1. The molecule has 0 atom stereocenters. The van der Waals surface area contributed by atoms with E-state index in [-0.39, 0.29) is 41.5 Å². The number of nitrogens with zero attached hydrogens (tertiary/aromatic N) is 2. The maximum absolute atomic E-state index is 14.0. The number of carbonyl (C=O) groups excluding carboxylic acids is 1. The zero-order valence-corrected chi connectivity index (χ0v) is 23.6. The highest BCUT2D eigenvalue weighted by atomic mass is 35.5. The van der Waals surface area contributed by atoms with Gasteiger partial charge in [0.15, 0.2) is 11.3 Å². The first-order valence-corrected chi connectivity index (χ1v) is 13.7. The van der Waals surface area contributed by atoms with Gasteiger partial charge in [0.2, 0.25) is 5.91 Å². The fourth-order valence-electron chi connectivity index (χ4n) is 4.53. The van der Waals surface area contributed by atoms with Crippen molar-refractivity contribution in [1.82, 2.24) is 4.57 Å².